The van der Waals surface area contributed by atoms with Crippen molar-refractivity contribution in [3.8, 4) is 17.2 Å². The number of alkyl halides is 2. The number of rotatable bonds is 7. The summed E-state index contributed by atoms with van der Waals surface area (Å²) in [5.41, 5.74) is 6.19. The van der Waals surface area contributed by atoms with E-state index in [0.717, 1.165) is 0 Å². The average Bonchev–Trinajstić information content (AvgIpc) is 2.53. The zero-order chi connectivity index (χ0) is 16.8. The Balaban J connectivity index is 2.14. The van der Waals surface area contributed by atoms with Crippen LogP contribution in [-0.4, -0.2) is 19.6 Å². The second-order valence-electron chi connectivity index (χ2n) is 4.51. The van der Waals surface area contributed by atoms with Crippen molar-refractivity contribution in [1.82, 2.24) is 0 Å². The van der Waals surface area contributed by atoms with Gasteiger partial charge in [-0.25, -0.2) is 0 Å². The van der Waals surface area contributed by atoms with Gasteiger partial charge in [0.15, 0.2) is 11.5 Å². The molecule has 5 nitrogen and oxygen atoms in total. The van der Waals surface area contributed by atoms with Crippen LogP contribution < -0.4 is 19.9 Å². The van der Waals surface area contributed by atoms with Gasteiger partial charge in [0.05, 0.1) is 12.7 Å². The number of ether oxygens (including phenoxy) is 3. The number of hydrogen-bond acceptors (Lipinski definition) is 4. The molecule has 1 amide bonds. The summed E-state index contributed by atoms with van der Waals surface area (Å²) >= 11 is 0. The summed E-state index contributed by atoms with van der Waals surface area (Å²) in [4.78, 5) is 11.3. The van der Waals surface area contributed by atoms with Crippen LogP contribution in [0.3, 0.4) is 0 Å². The zero-order valence-corrected chi connectivity index (χ0v) is 12.3. The van der Waals surface area contributed by atoms with Crippen molar-refractivity contribution in [2.75, 3.05) is 7.11 Å². The van der Waals surface area contributed by atoms with Crippen LogP contribution in [0.25, 0.3) is 0 Å². The predicted octanol–water partition coefficient (Wildman–Crippen LogP) is 2.97. The molecule has 0 heterocycles. The molecule has 7 heteroatoms. The molecule has 0 aromatic heterocycles. The van der Waals surface area contributed by atoms with Crippen molar-refractivity contribution in [2.45, 2.75) is 13.2 Å². The van der Waals surface area contributed by atoms with E-state index >= 15 is 0 Å². The van der Waals surface area contributed by atoms with E-state index in [1.54, 1.807) is 30.3 Å². The van der Waals surface area contributed by atoms with E-state index in [1.807, 2.05) is 0 Å². The van der Waals surface area contributed by atoms with Gasteiger partial charge in [0, 0.05) is 0 Å². The highest BCUT2D eigenvalue weighted by Gasteiger charge is 2.12. The van der Waals surface area contributed by atoms with Gasteiger partial charge >= 0.3 is 6.61 Å². The topological polar surface area (TPSA) is 70.8 Å². The van der Waals surface area contributed by atoms with E-state index in [-0.39, 0.29) is 23.7 Å². The summed E-state index contributed by atoms with van der Waals surface area (Å²) in [6.07, 6.45) is 0. The van der Waals surface area contributed by atoms with Gasteiger partial charge < -0.3 is 19.9 Å². The van der Waals surface area contributed by atoms with Crippen LogP contribution in [0.1, 0.15) is 15.9 Å². The zero-order valence-electron chi connectivity index (χ0n) is 12.3. The summed E-state index contributed by atoms with van der Waals surface area (Å²) in [5, 5.41) is 0. The smallest absolute Gasteiger partial charge is 0.387 e. The van der Waals surface area contributed by atoms with E-state index < -0.39 is 12.5 Å². The molecule has 0 unspecified atom stereocenters. The maximum Gasteiger partial charge on any atom is 0.387 e. The molecule has 0 saturated heterocycles. The molecule has 0 bridgehead atoms. The highest BCUT2D eigenvalue weighted by atomic mass is 19.3. The third-order valence-corrected chi connectivity index (χ3v) is 2.99. The third kappa shape index (κ3) is 4.32. The fourth-order valence-electron chi connectivity index (χ4n) is 1.95. The van der Waals surface area contributed by atoms with E-state index in [1.165, 1.54) is 19.2 Å². The van der Waals surface area contributed by atoms with Gasteiger partial charge in [-0.1, -0.05) is 18.2 Å². The molecule has 0 aliphatic rings. The summed E-state index contributed by atoms with van der Waals surface area (Å²) in [7, 11) is 1.35. The Labute approximate surface area is 131 Å². The lowest BCUT2D eigenvalue weighted by Crippen LogP contribution is -2.13. The highest BCUT2D eigenvalue weighted by molar-refractivity contribution is 5.95. The summed E-state index contributed by atoms with van der Waals surface area (Å²) < 4.78 is 39.5. The van der Waals surface area contributed by atoms with Crippen LogP contribution in [0.5, 0.6) is 17.2 Å². The molecule has 122 valence electrons. The third-order valence-electron chi connectivity index (χ3n) is 2.99. The van der Waals surface area contributed by atoms with Crippen molar-refractivity contribution in [3.05, 3.63) is 53.6 Å². The number of benzene rings is 2. The minimum absolute atomic E-state index is 0.0659. The van der Waals surface area contributed by atoms with Crippen molar-refractivity contribution in [1.29, 1.82) is 0 Å². The molecule has 2 aromatic carbocycles. The van der Waals surface area contributed by atoms with Crippen LogP contribution in [-0.2, 0) is 6.61 Å². The number of primary amides is 1. The van der Waals surface area contributed by atoms with Crippen molar-refractivity contribution < 1.29 is 27.8 Å². The van der Waals surface area contributed by atoms with E-state index in [4.69, 9.17) is 15.2 Å². The summed E-state index contributed by atoms with van der Waals surface area (Å²) in [6.45, 7) is -2.83. The fraction of sp³-hybridized carbons (Fsp3) is 0.188. The first-order valence-electron chi connectivity index (χ1n) is 6.64. The molecule has 2 aromatic rings. The lowest BCUT2D eigenvalue weighted by atomic mass is 10.2. The molecule has 0 atom stereocenters. The van der Waals surface area contributed by atoms with Gasteiger partial charge in [-0.15, -0.1) is 0 Å². The number of hydrogen-bond donors (Lipinski definition) is 1. The number of para-hydroxylation sites is 1. The molecule has 0 saturated carbocycles. The molecular formula is C16H15F2NO4. The second kappa shape index (κ2) is 7.44. The van der Waals surface area contributed by atoms with Gasteiger partial charge in [0.1, 0.15) is 12.4 Å². The Morgan fingerprint density at radius 3 is 2.52 bits per heavy atom. The Kier molecular flexibility index (Phi) is 5.35. The van der Waals surface area contributed by atoms with Gasteiger partial charge in [-0.05, 0) is 29.8 Å². The number of carbonyl (C=O) groups excluding carboxylic acids is 1. The first-order chi connectivity index (χ1) is 11.0. The van der Waals surface area contributed by atoms with Crippen molar-refractivity contribution in [3.63, 3.8) is 0 Å². The minimum Gasteiger partial charge on any atom is -0.493 e. The number of carbonyl (C=O) groups is 1. The quantitative estimate of drug-likeness (QED) is 0.850. The Hall–Kier alpha value is -2.83. The number of amides is 1. The average molecular weight is 323 g/mol. The predicted molar refractivity (Wildman–Crippen MR) is 78.9 cm³/mol. The first kappa shape index (κ1) is 16.5. The lowest BCUT2D eigenvalue weighted by Gasteiger charge is -2.13. The van der Waals surface area contributed by atoms with E-state index in [0.29, 0.717) is 11.3 Å². The summed E-state index contributed by atoms with van der Waals surface area (Å²) in [6, 6.07) is 11.0. The Bertz CT molecular complexity index is 692. The Morgan fingerprint density at radius 2 is 1.87 bits per heavy atom. The van der Waals surface area contributed by atoms with Gasteiger partial charge in [0.2, 0.25) is 0 Å². The second-order valence-corrected chi connectivity index (χ2v) is 4.51. The SMILES string of the molecule is COc1cc(COc2ccccc2C(N)=O)ccc1OC(F)F. The van der Waals surface area contributed by atoms with Crippen LogP contribution >= 0.6 is 0 Å². The van der Waals surface area contributed by atoms with E-state index in [9.17, 15) is 13.6 Å². The van der Waals surface area contributed by atoms with Crippen molar-refractivity contribution >= 4 is 5.91 Å². The highest BCUT2D eigenvalue weighted by Crippen LogP contribution is 2.30. The monoisotopic (exact) mass is 323 g/mol. The van der Waals surface area contributed by atoms with E-state index in [2.05, 4.69) is 4.74 Å². The molecule has 0 aliphatic heterocycles. The van der Waals surface area contributed by atoms with Crippen LogP contribution in [0.4, 0.5) is 8.78 Å². The van der Waals surface area contributed by atoms with Gasteiger partial charge in [-0.3, -0.25) is 4.79 Å². The lowest BCUT2D eigenvalue weighted by molar-refractivity contribution is -0.0512. The Morgan fingerprint density at radius 1 is 1.13 bits per heavy atom. The number of nitrogens with two attached hydrogens (primary N) is 1. The molecule has 23 heavy (non-hydrogen) atoms. The maximum atomic E-state index is 12.3. The molecule has 2 rings (SSSR count). The minimum atomic E-state index is -2.94. The molecule has 0 fully saturated rings. The van der Waals surface area contributed by atoms with Crippen LogP contribution in [0, 0.1) is 0 Å². The fourth-order valence-corrected chi connectivity index (χ4v) is 1.95. The largest absolute Gasteiger partial charge is 0.493 e. The van der Waals surface area contributed by atoms with Gasteiger partial charge in [-0.2, -0.15) is 8.78 Å². The van der Waals surface area contributed by atoms with Gasteiger partial charge in [0.25, 0.3) is 5.91 Å². The molecule has 0 aliphatic carbocycles. The molecular weight excluding hydrogens is 308 g/mol. The molecule has 0 spiro atoms. The first-order valence-corrected chi connectivity index (χ1v) is 6.64. The standard InChI is InChI=1S/C16H15F2NO4/c1-21-14-8-10(6-7-13(14)23-16(17)18)9-22-12-5-3-2-4-11(12)15(19)20/h2-8,16H,9H2,1H3,(H2,19,20). The summed E-state index contributed by atoms with van der Waals surface area (Å²) in [5.74, 6) is -0.163. The van der Waals surface area contributed by atoms with Crippen LogP contribution in [0.2, 0.25) is 0 Å². The molecule has 0 radical (unpaired) electrons. The van der Waals surface area contributed by atoms with Crippen molar-refractivity contribution in [2.24, 2.45) is 5.73 Å². The number of methoxy groups -OCH3 is 1. The maximum absolute atomic E-state index is 12.3. The molecule has 2 N–H and O–H groups in total. The normalized spacial score (nSPS) is 10.4. The van der Waals surface area contributed by atoms with Crippen LogP contribution in [0.15, 0.2) is 42.5 Å². The number of halogens is 2.